The van der Waals surface area contributed by atoms with E-state index in [0.29, 0.717) is 11.6 Å². The number of halogens is 4. The maximum Gasteiger partial charge on any atom is 0.323 e. The molecule has 3 N–H and O–H groups in total. The normalized spacial score (nSPS) is 16.2. The second-order valence-corrected chi connectivity index (χ2v) is 13.1. The highest BCUT2D eigenvalue weighted by molar-refractivity contribution is 5.80. The summed E-state index contributed by atoms with van der Waals surface area (Å²) in [6.45, 7) is 6.08. The van der Waals surface area contributed by atoms with E-state index < -0.39 is 47.1 Å². The number of nitrogens with one attached hydrogen (secondary N) is 1. The first-order valence-corrected chi connectivity index (χ1v) is 17.0. The van der Waals surface area contributed by atoms with Crippen molar-refractivity contribution in [2.75, 3.05) is 36.0 Å². The minimum absolute atomic E-state index is 0.0475. The number of hydrogen-bond donors (Lipinski definition) is 3. The molecule has 0 spiro atoms. The maximum atomic E-state index is 16.2. The van der Waals surface area contributed by atoms with Crippen molar-refractivity contribution in [2.24, 2.45) is 0 Å². The summed E-state index contributed by atoms with van der Waals surface area (Å²) < 4.78 is 61.7. The summed E-state index contributed by atoms with van der Waals surface area (Å²) in [4.78, 5) is 16.7. The number of fused-ring (bicyclic) bond motifs is 1. The molecule has 7 rings (SSSR count). The fourth-order valence-corrected chi connectivity index (χ4v) is 6.87. The van der Waals surface area contributed by atoms with Gasteiger partial charge < -0.3 is 25.0 Å². The van der Waals surface area contributed by atoms with Gasteiger partial charge in [-0.15, -0.1) is 5.10 Å². The topological polar surface area (TPSA) is 132 Å². The van der Waals surface area contributed by atoms with Crippen LogP contribution in [0.25, 0.3) is 22.2 Å². The Morgan fingerprint density at radius 3 is 2.19 bits per heavy atom. The molecule has 1 aliphatic heterocycles. The van der Waals surface area contributed by atoms with Crippen molar-refractivity contribution in [1.29, 1.82) is 0 Å². The second-order valence-electron chi connectivity index (χ2n) is 13.1. The summed E-state index contributed by atoms with van der Waals surface area (Å²) in [5, 5.41) is 31.9. The predicted molar refractivity (Wildman–Crippen MR) is 187 cm³/mol. The number of alkyl halides is 2. The number of aromatic nitrogens is 7. The Hall–Kier alpha value is -5.41. The predicted octanol–water partition coefficient (Wildman–Crippen LogP) is 5.77. The monoisotopic (exact) mass is 715 g/mol. The third-order valence-corrected chi connectivity index (χ3v) is 9.83. The van der Waals surface area contributed by atoms with E-state index in [0.717, 1.165) is 95.6 Å². The Bertz CT molecular complexity index is 2140. The van der Waals surface area contributed by atoms with Crippen LogP contribution >= 0.6 is 0 Å². The van der Waals surface area contributed by atoms with Crippen LogP contribution in [0.2, 0.25) is 0 Å². The molecule has 0 bridgehead atoms. The number of benzene rings is 3. The molecule has 3 aromatic heterocycles. The number of nitrogens with zero attached hydrogens (tertiary/aromatic N) is 8. The largest absolute Gasteiger partial charge is 0.393 e. The summed E-state index contributed by atoms with van der Waals surface area (Å²) in [6, 6.07) is 18.4. The summed E-state index contributed by atoms with van der Waals surface area (Å²) in [5.74, 6) is -5.73. The smallest absolute Gasteiger partial charge is 0.323 e. The van der Waals surface area contributed by atoms with E-state index in [-0.39, 0.29) is 5.92 Å². The number of H-pyrrole nitrogens is 1. The van der Waals surface area contributed by atoms with Gasteiger partial charge >= 0.3 is 5.92 Å². The van der Waals surface area contributed by atoms with E-state index >= 15 is 8.78 Å². The van der Waals surface area contributed by atoms with Gasteiger partial charge in [-0.3, -0.25) is 4.98 Å². The molecular formula is C37H37F4N9O2. The van der Waals surface area contributed by atoms with Crippen LogP contribution in [-0.4, -0.2) is 77.7 Å². The third-order valence-electron chi connectivity index (χ3n) is 9.83. The number of aliphatic hydroxyl groups excluding tert-OH is 1. The summed E-state index contributed by atoms with van der Waals surface area (Å²) >= 11 is 0. The standard InChI is InChI=1S/C37H37F4N9O2/c1-3-29(23(2)51)35-44-32-12-10-28(19-33(32)45-35)49-16-14-48(15-17-49)27-8-4-24(5-9-27)25-6-13-34(42-20-25)37(40,41)36(52,21-50-22-43-46-47-50)30-11-7-26(38)18-31(30)39/h4-13,18-20,22-23,29,51-52H,3,14-17,21H2,1-2H3,(H,44,45). The van der Waals surface area contributed by atoms with Crippen molar-refractivity contribution in [3.05, 3.63) is 114 Å². The van der Waals surface area contributed by atoms with E-state index in [9.17, 15) is 19.0 Å². The van der Waals surface area contributed by atoms with E-state index in [1.54, 1.807) is 6.92 Å². The Kier molecular flexibility index (Phi) is 9.40. The van der Waals surface area contributed by atoms with Crippen LogP contribution in [0.15, 0.2) is 85.3 Å². The molecule has 0 saturated carbocycles. The second kappa shape index (κ2) is 14.0. The number of hydrogen-bond acceptors (Lipinski definition) is 9. The molecule has 52 heavy (non-hydrogen) atoms. The quantitative estimate of drug-likeness (QED) is 0.143. The minimum Gasteiger partial charge on any atom is -0.393 e. The molecule has 270 valence electrons. The zero-order chi connectivity index (χ0) is 36.6. The van der Waals surface area contributed by atoms with E-state index in [1.165, 1.54) is 12.3 Å². The van der Waals surface area contributed by atoms with Crippen LogP contribution in [0.5, 0.6) is 0 Å². The number of pyridine rings is 1. The number of imidazole rings is 1. The van der Waals surface area contributed by atoms with Crippen molar-refractivity contribution in [2.45, 2.75) is 50.4 Å². The zero-order valence-electron chi connectivity index (χ0n) is 28.5. The number of aromatic amines is 1. The van der Waals surface area contributed by atoms with Crippen molar-refractivity contribution >= 4 is 22.4 Å². The molecular weight excluding hydrogens is 678 g/mol. The Labute approximate surface area is 296 Å². The van der Waals surface area contributed by atoms with Crippen LogP contribution in [0.1, 0.15) is 43.3 Å². The van der Waals surface area contributed by atoms with Gasteiger partial charge in [-0.05, 0) is 77.9 Å². The SMILES string of the molecule is CCC(c1nc2ccc(N3CCN(c4ccc(-c5ccc(C(F)(F)C(O)(Cn6cnnn6)c6ccc(F)cc6F)nc5)cc4)CC3)cc2[nH]1)C(C)O. The van der Waals surface area contributed by atoms with Crippen molar-refractivity contribution in [3.8, 4) is 11.1 Å². The number of piperazine rings is 1. The highest BCUT2D eigenvalue weighted by Crippen LogP contribution is 2.47. The van der Waals surface area contributed by atoms with Crippen LogP contribution in [0.4, 0.5) is 28.9 Å². The Morgan fingerprint density at radius 1 is 0.885 bits per heavy atom. The van der Waals surface area contributed by atoms with E-state index in [2.05, 4.69) is 47.4 Å². The van der Waals surface area contributed by atoms with E-state index in [4.69, 9.17) is 4.98 Å². The van der Waals surface area contributed by atoms with Crippen LogP contribution in [0, 0.1) is 11.6 Å². The number of rotatable bonds is 11. The molecule has 3 aromatic carbocycles. The number of tetrazole rings is 1. The van der Waals surface area contributed by atoms with Gasteiger partial charge in [-0.1, -0.05) is 25.1 Å². The molecule has 4 heterocycles. The molecule has 0 amide bonds. The maximum absolute atomic E-state index is 16.2. The summed E-state index contributed by atoms with van der Waals surface area (Å²) in [7, 11) is 0. The third kappa shape index (κ3) is 6.57. The lowest BCUT2D eigenvalue weighted by Gasteiger charge is -2.37. The van der Waals surface area contributed by atoms with Gasteiger partial charge in [0.15, 0.2) is 5.60 Å². The molecule has 1 saturated heterocycles. The molecule has 0 aliphatic carbocycles. The molecule has 15 heteroatoms. The molecule has 11 nitrogen and oxygen atoms in total. The van der Waals surface area contributed by atoms with Crippen LogP contribution < -0.4 is 9.80 Å². The summed E-state index contributed by atoms with van der Waals surface area (Å²) in [5.41, 5.74) is 0.371. The van der Waals surface area contributed by atoms with Crippen molar-refractivity contribution in [3.63, 3.8) is 0 Å². The fraction of sp³-hybridized carbons (Fsp3) is 0.324. The van der Waals surface area contributed by atoms with E-state index in [1.807, 2.05) is 37.3 Å². The Morgan fingerprint density at radius 2 is 1.58 bits per heavy atom. The van der Waals surface area contributed by atoms with Gasteiger partial charge in [0.1, 0.15) is 29.5 Å². The van der Waals surface area contributed by atoms with Crippen LogP contribution in [-0.2, 0) is 18.1 Å². The lowest BCUT2D eigenvalue weighted by atomic mass is 9.84. The number of anilines is 2. The average molecular weight is 716 g/mol. The molecule has 6 aromatic rings. The summed E-state index contributed by atoms with van der Waals surface area (Å²) in [6.07, 6.45) is 2.56. The lowest BCUT2D eigenvalue weighted by molar-refractivity contribution is -0.207. The van der Waals surface area contributed by atoms with Gasteiger partial charge in [-0.2, -0.15) is 8.78 Å². The lowest BCUT2D eigenvalue weighted by Crippen LogP contribution is -2.48. The van der Waals surface area contributed by atoms with Gasteiger partial charge in [0.25, 0.3) is 0 Å². The van der Waals surface area contributed by atoms with Gasteiger partial charge in [0.2, 0.25) is 0 Å². The molecule has 1 fully saturated rings. The first-order chi connectivity index (χ1) is 25.0. The van der Waals surface area contributed by atoms with Gasteiger partial charge in [0, 0.05) is 66.9 Å². The van der Waals surface area contributed by atoms with Crippen molar-refractivity contribution in [1.82, 2.24) is 35.2 Å². The highest BCUT2D eigenvalue weighted by atomic mass is 19.3. The highest BCUT2D eigenvalue weighted by Gasteiger charge is 2.58. The first-order valence-electron chi connectivity index (χ1n) is 17.0. The average Bonchev–Trinajstić information content (AvgIpc) is 3.81. The fourth-order valence-electron chi connectivity index (χ4n) is 6.87. The van der Waals surface area contributed by atoms with Crippen molar-refractivity contribution < 1.29 is 27.8 Å². The molecule has 3 atom stereocenters. The Balaban J connectivity index is 1.03. The number of aliphatic hydroxyl groups is 2. The van der Waals surface area contributed by atoms with Gasteiger partial charge in [-0.25, -0.2) is 18.4 Å². The minimum atomic E-state index is -4.15. The van der Waals surface area contributed by atoms with Crippen LogP contribution in [0.3, 0.4) is 0 Å². The molecule has 0 radical (unpaired) electrons. The van der Waals surface area contributed by atoms with Gasteiger partial charge in [0.05, 0.1) is 23.7 Å². The first kappa shape index (κ1) is 35.0. The molecule has 3 unspecified atom stereocenters. The zero-order valence-corrected chi connectivity index (χ0v) is 28.5. The molecule has 1 aliphatic rings.